The summed E-state index contributed by atoms with van der Waals surface area (Å²) >= 11 is 0. The van der Waals surface area contributed by atoms with Gasteiger partial charge in [-0.1, -0.05) is 36.4 Å². The molecule has 9 nitrogen and oxygen atoms in total. The summed E-state index contributed by atoms with van der Waals surface area (Å²) in [5.41, 5.74) is 1.42. The number of rotatable bonds is 4. The van der Waals surface area contributed by atoms with Crippen LogP contribution in [-0.2, 0) is 6.54 Å². The van der Waals surface area contributed by atoms with Crippen molar-refractivity contribution in [2.24, 2.45) is 0 Å². The van der Waals surface area contributed by atoms with E-state index in [1.54, 1.807) is 60.8 Å². The molecule has 5 rings (SSSR count). The maximum absolute atomic E-state index is 12.8. The molecule has 0 aliphatic heterocycles. The molecule has 9 heteroatoms. The van der Waals surface area contributed by atoms with Gasteiger partial charge in [0.05, 0.1) is 11.9 Å². The fraction of sp³-hybridized carbons (Fsp3) is 0.0455. The van der Waals surface area contributed by atoms with Crippen molar-refractivity contribution in [1.82, 2.24) is 24.4 Å². The molecule has 0 spiro atoms. The van der Waals surface area contributed by atoms with E-state index in [2.05, 4.69) is 20.6 Å². The summed E-state index contributed by atoms with van der Waals surface area (Å²) in [6.07, 6.45) is 1.67. The Hall–Kier alpha value is -4.53. The van der Waals surface area contributed by atoms with Crippen molar-refractivity contribution in [3.63, 3.8) is 0 Å². The molecule has 0 unspecified atom stereocenters. The van der Waals surface area contributed by atoms with Crippen LogP contribution in [0.3, 0.4) is 0 Å². The monoisotopic (exact) mass is 412 g/mol. The third kappa shape index (κ3) is 3.38. The summed E-state index contributed by atoms with van der Waals surface area (Å²) in [5.74, 6) is -0.450. The Morgan fingerprint density at radius 2 is 1.77 bits per heavy atom. The van der Waals surface area contributed by atoms with Crippen LogP contribution in [-0.4, -0.2) is 30.3 Å². The Morgan fingerprint density at radius 3 is 2.61 bits per heavy atom. The number of aromatic amines is 1. The van der Waals surface area contributed by atoms with Gasteiger partial charge in [0.2, 0.25) is 0 Å². The van der Waals surface area contributed by atoms with Crippen LogP contribution in [0.25, 0.3) is 16.4 Å². The number of amides is 1. The number of aromatic nitrogens is 5. The molecule has 0 aliphatic rings. The number of anilines is 1. The van der Waals surface area contributed by atoms with Gasteiger partial charge in [-0.2, -0.15) is 5.10 Å². The van der Waals surface area contributed by atoms with E-state index in [9.17, 15) is 14.4 Å². The molecule has 3 heterocycles. The number of carbonyl (C=O) groups is 1. The van der Waals surface area contributed by atoms with Gasteiger partial charge in [0.25, 0.3) is 11.5 Å². The molecular formula is C22H16N6O3. The zero-order chi connectivity index (χ0) is 21.4. The van der Waals surface area contributed by atoms with Crippen molar-refractivity contribution < 1.29 is 4.79 Å². The first-order valence-corrected chi connectivity index (χ1v) is 9.52. The zero-order valence-corrected chi connectivity index (χ0v) is 16.1. The lowest BCUT2D eigenvalue weighted by Crippen LogP contribution is -2.22. The number of pyridine rings is 1. The Bertz CT molecular complexity index is 1560. The van der Waals surface area contributed by atoms with Crippen LogP contribution in [0.15, 0.2) is 82.5 Å². The van der Waals surface area contributed by atoms with Crippen LogP contribution >= 0.6 is 0 Å². The fourth-order valence-electron chi connectivity index (χ4n) is 3.47. The quantitative estimate of drug-likeness (QED) is 0.469. The molecule has 0 saturated heterocycles. The van der Waals surface area contributed by atoms with Gasteiger partial charge in [-0.3, -0.25) is 14.0 Å². The van der Waals surface area contributed by atoms with Gasteiger partial charge in [-0.15, -0.1) is 5.10 Å². The smallest absolute Gasteiger partial charge is 0.321 e. The van der Waals surface area contributed by atoms with E-state index in [-0.39, 0.29) is 23.5 Å². The van der Waals surface area contributed by atoms with E-state index in [1.165, 1.54) is 9.08 Å². The Balaban J connectivity index is 1.43. The lowest BCUT2D eigenvalue weighted by atomic mass is 10.1. The van der Waals surface area contributed by atoms with Crippen LogP contribution in [0.5, 0.6) is 0 Å². The first-order valence-electron chi connectivity index (χ1n) is 9.52. The molecular weight excluding hydrogens is 396 g/mol. The molecule has 3 aromatic heterocycles. The van der Waals surface area contributed by atoms with Gasteiger partial charge >= 0.3 is 5.69 Å². The Kier molecular flexibility index (Phi) is 4.40. The number of fused-ring (bicyclic) bond motifs is 2. The van der Waals surface area contributed by atoms with Crippen molar-refractivity contribution >= 4 is 28.0 Å². The lowest BCUT2D eigenvalue weighted by molar-refractivity contribution is 0.102. The van der Waals surface area contributed by atoms with E-state index >= 15 is 0 Å². The SMILES string of the molecule is O=C(Nc1cccc(Cn2nc3ccccn3c2=O)c1)c1n[nH]c(=O)c2ccccc12. The molecule has 5 aromatic rings. The van der Waals surface area contributed by atoms with E-state index in [4.69, 9.17) is 0 Å². The zero-order valence-electron chi connectivity index (χ0n) is 16.1. The lowest BCUT2D eigenvalue weighted by Gasteiger charge is -2.08. The first-order chi connectivity index (χ1) is 15.1. The van der Waals surface area contributed by atoms with Gasteiger partial charge in [0, 0.05) is 17.3 Å². The summed E-state index contributed by atoms with van der Waals surface area (Å²) in [5, 5.41) is 14.3. The summed E-state index contributed by atoms with van der Waals surface area (Å²) in [4.78, 5) is 37.2. The summed E-state index contributed by atoms with van der Waals surface area (Å²) in [7, 11) is 0. The molecule has 31 heavy (non-hydrogen) atoms. The van der Waals surface area contributed by atoms with Gasteiger partial charge in [0.15, 0.2) is 11.3 Å². The highest BCUT2D eigenvalue weighted by molar-refractivity contribution is 6.11. The first kappa shape index (κ1) is 18.5. The molecule has 0 radical (unpaired) electrons. The number of nitrogens with one attached hydrogen (secondary N) is 2. The van der Waals surface area contributed by atoms with Crippen LogP contribution in [0.1, 0.15) is 16.1 Å². The molecule has 2 N–H and O–H groups in total. The molecule has 0 saturated carbocycles. The third-order valence-corrected chi connectivity index (χ3v) is 4.92. The Labute approximate surface area is 174 Å². The van der Waals surface area contributed by atoms with E-state index in [0.717, 1.165) is 5.56 Å². The van der Waals surface area contributed by atoms with Crippen LogP contribution in [0, 0.1) is 0 Å². The summed E-state index contributed by atoms with van der Waals surface area (Å²) < 4.78 is 2.84. The molecule has 1 amide bonds. The third-order valence-electron chi connectivity index (χ3n) is 4.92. The van der Waals surface area contributed by atoms with E-state index in [0.29, 0.717) is 22.1 Å². The molecule has 0 atom stereocenters. The molecule has 0 fully saturated rings. The average molecular weight is 412 g/mol. The number of hydrogen-bond acceptors (Lipinski definition) is 5. The minimum absolute atomic E-state index is 0.122. The highest BCUT2D eigenvalue weighted by Gasteiger charge is 2.14. The average Bonchev–Trinajstić information content (AvgIpc) is 3.10. The standard InChI is InChI=1S/C22H16N6O3/c29-20-17-9-2-1-8-16(17)19(24-25-20)21(30)23-15-7-5-6-14(12-15)13-28-22(31)27-11-4-3-10-18(27)26-28/h1-12H,13H2,(H,23,30)(H,25,29). The van der Waals surface area contributed by atoms with Crippen LogP contribution in [0.4, 0.5) is 5.69 Å². The second-order valence-electron chi connectivity index (χ2n) is 6.97. The molecule has 152 valence electrons. The van der Waals surface area contributed by atoms with E-state index in [1.807, 2.05) is 12.1 Å². The second kappa shape index (κ2) is 7.38. The van der Waals surface area contributed by atoms with Crippen molar-refractivity contribution in [2.75, 3.05) is 5.32 Å². The van der Waals surface area contributed by atoms with Crippen molar-refractivity contribution in [3.8, 4) is 0 Å². The number of nitrogens with zero attached hydrogens (tertiary/aromatic N) is 4. The number of carbonyl (C=O) groups excluding carboxylic acids is 1. The second-order valence-corrected chi connectivity index (χ2v) is 6.97. The number of hydrogen-bond donors (Lipinski definition) is 2. The highest BCUT2D eigenvalue weighted by Crippen LogP contribution is 2.16. The van der Waals surface area contributed by atoms with Gasteiger partial charge in [0.1, 0.15) is 0 Å². The minimum atomic E-state index is -0.450. The summed E-state index contributed by atoms with van der Waals surface area (Å²) in [6.45, 7) is 0.254. The maximum atomic E-state index is 12.8. The fourth-order valence-corrected chi connectivity index (χ4v) is 3.47. The minimum Gasteiger partial charge on any atom is -0.321 e. The molecule has 2 aromatic carbocycles. The highest BCUT2D eigenvalue weighted by atomic mass is 16.2. The van der Waals surface area contributed by atoms with Crippen molar-refractivity contribution in [2.45, 2.75) is 6.54 Å². The normalized spacial score (nSPS) is 11.1. The molecule has 0 bridgehead atoms. The predicted molar refractivity (Wildman–Crippen MR) is 115 cm³/mol. The van der Waals surface area contributed by atoms with Gasteiger partial charge in [-0.05, 0) is 35.9 Å². The van der Waals surface area contributed by atoms with Gasteiger partial charge < -0.3 is 5.32 Å². The number of benzene rings is 2. The largest absolute Gasteiger partial charge is 0.350 e. The predicted octanol–water partition coefficient (Wildman–Crippen LogP) is 2.03. The Morgan fingerprint density at radius 1 is 0.968 bits per heavy atom. The summed E-state index contributed by atoms with van der Waals surface area (Å²) in [6, 6.07) is 19.3. The number of H-pyrrole nitrogens is 1. The van der Waals surface area contributed by atoms with Crippen LogP contribution < -0.4 is 16.6 Å². The van der Waals surface area contributed by atoms with Gasteiger partial charge in [-0.25, -0.2) is 14.6 Å². The van der Waals surface area contributed by atoms with Crippen molar-refractivity contribution in [1.29, 1.82) is 0 Å². The molecule has 0 aliphatic carbocycles. The maximum Gasteiger partial charge on any atom is 0.350 e. The van der Waals surface area contributed by atoms with E-state index < -0.39 is 5.91 Å². The topological polar surface area (TPSA) is 114 Å². The van der Waals surface area contributed by atoms with Crippen LogP contribution in [0.2, 0.25) is 0 Å². The van der Waals surface area contributed by atoms with Crippen molar-refractivity contribution in [3.05, 3.63) is 105 Å².